The summed E-state index contributed by atoms with van der Waals surface area (Å²) in [4.78, 5) is 0. The van der Waals surface area contributed by atoms with E-state index in [0.29, 0.717) is 5.92 Å². The molecule has 1 aliphatic rings. The lowest BCUT2D eigenvalue weighted by molar-refractivity contribution is 0.452. The van der Waals surface area contributed by atoms with Gasteiger partial charge in [0.05, 0.1) is 6.04 Å². The van der Waals surface area contributed by atoms with Crippen molar-refractivity contribution in [1.82, 2.24) is 5.43 Å². The average molecular weight is 266 g/mol. The Morgan fingerprint density at radius 3 is 2.85 bits per heavy atom. The number of hydrazine groups is 1. The quantitative estimate of drug-likeness (QED) is 0.657. The summed E-state index contributed by atoms with van der Waals surface area (Å²) >= 11 is 0. The van der Waals surface area contributed by atoms with Crippen LogP contribution in [-0.2, 0) is 12.8 Å². The topological polar surface area (TPSA) is 38.0 Å². The van der Waals surface area contributed by atoms with Gasteiger partial charge in [-0.25, -0.2) is 0 Å². The molecule has 2 unspecified atom stereocenters. The van der Waals surface area contributed by atoms with Crippen LogP contribution in [0.4, 0.5) is 0 Å². The van der Waals surface area contributed by atoms with Crippen molar-refractivity contribution in [1.29, 1.82) is 0 Å². The molecule has 0 heterocycles. The molecule has 2 aromatic carbocycles. The van der Waals surface area contributed by atoms with Crippen molar-refractivity contribution in [2.75, 3.05) is 0 Å². The zero-order chi connectivity index (χ0) is 13.9. The minimum absolute atomic E-state index is 0.199. The second-order valence-electron chi connectivity index (χ2n) is 5.59. The smallest absolute Gasteiger partial charge is 0.0528 e. The van der Waals surface area contributed by atoms with E-state index in [2.05, 4.69) is 60.9 Å². The summed E-state index contributed by atoms with van der Waals surface area (Å²) < 4.78 is 0. The van der Waals surface area contributed by atoms with Gasteiger partial charge in [-0.15, -0.1) is 0 Å². The molecule has 3 rings (SSSR count). The van der Waals surface area contributed by atoms with Gasteiger partial charge in [-0.3, -0.25) is 11.3 Å². The highest BCUT2D eigenvalue weighted by Crippen LogP contribution is 2.41. The summed E-state index contributed by atoms with van der Waals surface area (Å²) in [5.74, 6) is 6.36. The number of hydrogen-bond donors (Lipinski definition) is 2. The lowest BCUT2D eigenvalue weighted by Crippen LogP contribution is -2.32. The molecule has 1 aliphatic carbocycles. The van der Waals surface area contributed by atoms with E-state index in [1.54, 1.807) is 0 Å². The Kier molecular flexibility index (Phi) is 3.86. The number of aryl methyl sites for hydroxylation is 2. The lowest BCUT2D eigenvalue weighted by atomic mass is 9.88. The molecular weight excluding hydrogens is 244 g/mol. The summed E-state index contributed by atoms with van der Waals surface area (Å²) in [6.45, 7) is 2.19. The van der Waals surface area contributed by atoms with E-state index in [-0.39, 0.29) is 6.04 Å². The third-order valence-corrected chi connectivity index (χ3v) is 4.48. The second-order valence-corrected chi connectivity index (χ2v) is 5.59. The summed E-state index contributed by atoms with van der Waals surface area (Å²) in [5.41, 5.74) is 8.65. The third-order valence-electron chi connectivity index (χ3n) is 4.48. The molecule has 0 aliphatic heterocycles. The zero-order valence-electron chi connectivity index (χ0n) is 12.0. The van der Waals surface area contributed by atoms with Crippen molar-refractivity contribution >= 4 is 0 Å². The first-order chi connectivity index (χ1) is 9.83. The van der Waals surface area contributed by atoms with Gasteiger partial charge < -0.3 is 0 Å². The van der Waals surface area contributed by atoms with Crippen LogP contribution < -0.4 is 11.3 Å². The maximum Gasteiger partial charge on any atom is 0.0528 e. The molecule has 0 amide bonds. The molecule has 0 radical (unpaired) electrons. The first-order valence-corrected chi connectivity index (χ1v) is 7.46. The van der Waals surface area contributed by atoms with E-state index in [1.807, 2.05) is 0 Å². The fraction of sp³-hybridized carbons (Fsp3) is 0.333. The monoisotopic (exact) mass is 266 g/mol. The summed E-state index contributed by atoms with van der Waals surface area (Å²) in [6.07, 6.45) is 3.39. The fourth-order valence-electron chi connectivity index (χ4n) is 3.39. The van der Waals surface area contributed by atoms with E-state index in [1.165, 1.54) is 28.7 Å². The van der Waals surface area contributed by atoms with Gasteiger partial charge in [-0.05, 0) is 41.5 Å². The molecule has 104 valence electrons. The molecule has 2 heteroatoms. The van der Waals surface area contributed by atoms with Crippen molar-refractivity contribution < 1.29 is 0 Å². The Hall–Kier alpha value is -1.64. The van der Waals surface area contributed by atoms with Gasteiger partial charge in [0, 0.05) is 5.92 Å². The van der Waals surface area contributed by atoms with Crippen molar-refractivity contribution in [2.45, 2.75) is 38.1 Å². The van der Waals surface area contributed by atoms with E-state index in [9.17, 15) is 0 Å². The molecule has 20 heavy (non-hydrogen) atoms. The normalized spacial score (nSPS) is 18.8. The minimum Gasteiger partial charge on any atom is -0.271 e. The van der Waals surface area contributed by atoms with Crippen LogP contribution in [0.25, 0.3) is 0 Å². The Morgan fingerprint density at radius 2 is 2.05 bits per heavy atom. The third kappa shape index (κ3) is 2.37. The first-order valence-electron chi connectivity index (χ1n) is 7.46. The first kappa shape index (κ1) is 13.3. The molecule has 2 aromatic rings. The molecule has 2 nitrogen and oxygen atoms in total. The number of nitrogens with two attached hydrogens (primary N) is 1. The van der Waals surface area contributed by atoms with Crippen molar-refractivity contribution in [3.05, 3.63) is 70.8 Å². The summed E-state index contributed by atoms with van der Waals surface area (Å²) in [6, 6.07) is 17.7. The van der Waals surface area contributed by atoms with Gasteiger partial charge in [0.2, 0.25) is 0 Å². The highest BCUT2D eigenvalue weighted by atomic mass is 15.2. The lowest BCUT2D eigenvalue weighted by Gasteiger charge is -2.24. The Morgan fingerprint density at radius 1 is 1.20 bits per heavy atom. The maximum atomic E-state index is 5.88. The van der Waals surface area contributed by atoms with Crippen LogP contribution in [-0.4, -0.2) is 0 Å². The van der Waals surface area contributed by atoms with Crippen LogP contribution in [0.15, 0.2) is 48.5 Å². The number of fused-ring (bicyclic) bond motifs is 1. The van der Waals surface area contributed by atoms with E-state index in [0.717, 1.165) is 12.8 Å². The standard InChI is InChI=1S/C18H22N2/c1-2-13-6-5-8-15(12-13)18(20-19)17-11-10-14-7-3-4-9-16(14)17/h3-9,12,17-18,20H,2,10-11,19H2,1H3. The highest BCUT2D eigenvalue weighted by Gasteiger charge is 2.29. The zero-order valence-corrected chi connectivity index (χ0v) is 12.0. The van der Waals surface area contributed by atoms with Crippen molar-refractivity contribution in [3.8, 4) is 0 Å². The van der Waals surface area contributed by atoms with Crippen LogP contribution in [0.1, 0.15) is 47.6 Å². The van der Waals surface area contributed by atoms with Crippen molar-refractivity contribution in [2.24, 2.45) is 5.84 Å². The molecule has 0 saturated heterocycles. The van der Waals surface area contributed by atoms with Gasteiger partial charge in [0.15, 0.2) is 0 Å². The molecular formula is C18H22N2. The van der Waals surface area contributed by atoms with E-state index in [4.69, 9.17) is 5.84 Å². The molecule has 2 atom stereocenters. The van der Waals surface area contributed by atoms with Crippen LogP contribution >= 0.6 is 0 Å². The van der Waals surface area contributed by atoms with E-state index >= 15 is 0 Å². The Balaban J connectivity index is 1.95. The van der Waals surface area contributed by atoms with Gasteiger partial charge in [-0.2, -0.15) is 0 Å². The van der Waals surface area contributed by atoms with Gasteiger partial charge in [-0.1, -0.05) is 55.5 Å². The number of benzene rings is 2. The molecule has 0 spiro atoms. The Labute approximate surface area is 121 Å². The minimum atomic E-state index is 0.199. The largest absolute Gasteiger partial charge is 0.271 e. The molecule has 0 bridgehead atoms. The molecule has 3 N–H and O–H groups in total. The molecule has 0 saturated carbocycles. The number of hydrogen-bond acceptors (Lipinski definition) is 2. The summed E-state index contributed by atoms with van der Waals surface area (Å²) in [7, 11) is 0. The Bertz CT molecular complexity index is 591. The van der Waals surface area contributed by atoms with E-state index < -0.39 is 0 Å². The second kappa shape index (κ2) is 5.78. The fourth-order valence-corrected chi connectivity index (χ4v) is 3.39. The van der Waals surface area contributed by atoms with Crippen LogP contribution in [0.2, 0.25) is 0 Å². The van der Waals surface area contributed by atoms with Gasteiger partial charge >= 0.3 is 0 Å². The SMILES string of the molecule is CCc1cccc(C(NN)C2CCc3ccccc32)c1. The molecule has 0 fully saturated rings. The predicted molar refractivity (Wildman–Crippen MR) is 83.4 cm³/mol. The van der Waals surface area contributed by atoms with Gasteiger partial charge in [0.25, 0.3) is 0 Å². The predicted octanol–water partition coefficient (Wildman–Crippen LogP) is 3.48. The maximum absolute atomic E-state index is 5.88. The van der Waals surface area contributed by atoms with Gasteiger partial charge in [0.1, 0.15) is 0 Å². The number of nitrogens with one attached hydrogen (secondary N) is 1. The van der Waals surface area contributed by atoms with Crippen LogP contribution in [0, 0.1) is 0 Å². The number of rotatable bonds is 4. The van der Waals surface area contributed by atoms with Crippen LogP contribution in [0.5, 0.6) is 0 Å². The average Bonchev–Trinajstić information content (AvgIpc) is 2.93. The highest BCUT2D eigenvalue weighted by molar-refractivity contribution is 5.39. The van der Waals surface area contributed by atoms with Crippen molar-refractivity contribution in [3.63, 3.8) is 0 Å². The summed E-state index contributed by atoms with van der Waals surface area (Å²) in [5, 5.41) is 0. The molecule has 0 aromatic heterocycles. The van der Waals surface area contributed by atoms with Crippen LogP contribution in [0.3, 0.4) is 0 Å².